The molecule has 1 aromatic carbocycles. The lowest BCUT2D eigenvalue weighted by atomic mass is 10.1. The van der Waals surface area contributed by atoms with Gasteiger partial charge >= 0.3 is 0 Å². The molecule has 0 saturated heterocycles. The van der Waals surface area contributed by atoms with Gasteiger partial charge in [0.2, 0.25) is 0 Å². The molecule has 0 bridgehead atoms. The molecule has 0 fully saturated rings. The number of rotatable bonds is 0. The third-order valence-electron chi connectivity index (χ3n) is 1.96. The van der Waals surface area contributed by atoms with Gasteiger partial charge in [0.15, 0.2) is 0 Å². The largest absolute Gasteiger partial charge is 0.319 e. The summed E-state index contributed by atoms with van der Waals surface area (Å²) < 4.78 is 0. The number of nitrogens with one attached hydrogen (secondary N) is 2. The molecule has 0 atom stereocenters. The molecular weight excluding hydrogens is 331 g/mol. The van der Waals surface area contributed by atoms with Gasteiger partial charge in [-0.25, -0.2) is 5.43 Å². The summed E-state index contributed by atoms with van der Waals surface area (Å²) in [7, 11) is 1.48. The molecule has 0 spiro atoms. The average Bonchev–Trinajstić information content (AvgIpc) is 2.66. The number of hydrogen-bond donors (Lipinski definition) is 2. The molecule has 1 aliphatic rings. The third-order valence-corrected chi connectivity index (χ3v) is 3.12. The lowest BCUT2D eigenvalue weighted by Crippen LogP contribution is -2.11. The van der Waals surface area contributed by atoms with Crippen LogP contribution in [0.4, 0.5) is 5.69 Å². The second kappa shape index (κ2) is 4.62. The highest BCUT2D eigenvalue weighted by molar-refractivity contribution is 14.2. The van der Waals surface area contributed by atoms with Crippen LogP contribution in [0.3, 0.4) is 0 Å². The van der Waals surface area contributed by atoms with Crippen LogP contribution < -0.4 is 10.9 Å². The molecule has 1 heterocycles. The van der Waals surface area contributed by atoms with Crippen LogP contribution in [-0.2, 0) is 6.54 Å². The van der Waals surface area contributed by atoms with Gasteiger partial charge in [0.05, 0.1) is 10.7 Å². The van der Waals surface area contributed by atoms with E-state index in [9.17, 15) is 0 Å². The van der Waals surface area contributed by atoms with Gasteiger partial charge < -0.3 is 5.43 Å². The Morgan fingerprint density at radius 2 is 2.36 bits per heavy atom. The molecule has 0 saturated carbocycles. The maximum atomic E-state index is 6.02. The van der Waals surface area contributed by atoms with Gasteiger partial charge in [0.1, 0.15) is 0 Å². The van der Waals surface area contributed by atoms with E-state index in [1.807, 2.05) is 12.1 Å². The van der Waals surface area contributed by atoms with Crippen LogP contribution in [0.25, 0.3) is 0 Å². The molecule has 0 amide bonds. The highest BCUT2D eigenvalue weighted by atomic mass is 127. The summed E-state index contributed by atoms with van der Waals surface area (Å²) >= 11 is 8.17. The van der Waals surface area contributed by atoms with E-state index in [0.29, 0.717) is 0 Å². The predicted molar refractivity (Wildman–Crippen MR) is 70.4 cm³/mol. The molecule has 0 radical (unpaired) electrons. The van der Waals surface area contributed by atoms with Crippen molar-refractivity contribution in [2.45, 2.75) is 6.54 Å². The standard InChI is InChI=1S/C9H6ClIN2S/c10-8-2-1-6(3-4-14-11)7-5-12-13-9(7)8/h1-2,12-13H,5H2. The summed E-state index contributed by atoms with van der Waals surface area (Å²) in [6.07, 6.45) is 0. The van der Waals surface area contributed by atoms with Gasteiger partial charge in [-0.15, -0.1) is 0 Å². The van der Waals surface area contributed by atoms with Crippen molar-refractivity contribution in [2.75, 3.05) is 5.43 Å². The molecule has 5 heteroatoms. The molecule has 14 heavy (non-hydrogen) atoms. The van der Waals surface area contributed by atoms with Crippen molar-refractivity contribution in [2.24, 2.45) is 0 Å². The zero-order chi connectivity index (χ0) is 9.97. The zero-order valence-electron chi connectivity index (χ0n) is 7.03. The van der Waals surface area contributed by atoms with Crippen molar-refractivity contribution < 1.29 is 0 Å². The number of hydrogen-bond acceptors (Lipinski definition) is 3. The second-order valence-corrected chi connectivity index (χ2v) is 4.82. The zero-order valence-corrected chi connectivity index (χ0v) is 10.8. The minimum absolute atomic E-state index is 0.734. The topological polar surface area (TPSA) is 24.1 Å². The first kappa shape index (κ1) is 10.4. The summed E-state index contributed by atoms with van der Waals surface area (Å²) in [5, 5.41) is 3.70. The number of benzene rings is 1. The van der Waals surface area contributed by atoms with Gasteiger partial charge in [0.25, 0.3) is 0 Å². The van der Waals surface area contributed by atoms with E-state index in [0.717, 1.165) is 28.4 Å². The maximum absolute atomic E-state index is 6.02. The first-order chi connectivity index (χ1) is 6.83. The van der Waals surface area contributed by atoms with E-state index in [4.69, 9.17) is 11.6 Å². The van der Waals surface area contributed by atoms with E-state index >= 15 is 0 Å². The van der Waals surface area contributed by atoms with Gasteiger partial charge in [-0.3, -0.25) is 0 Å². The molecule has 1 aliphatic heterocycles. The molecule has 2 nitrogen and oxygen atoms in total. The van der Waals surface area contributed by atoms with Crippen LogP contribution in [0.15, 0.2) is 12.1 Å². The number of halogens is 2. The van der Waals surface area contributed by atoms with E-state index in [2.05, 4.69) is 43.2 Å². The SMILES string of the molecule is Clc1ccc(C#CSI)c2c1NNC2. The molecule has 72 valence electrons. The third kappa shape index (κ3) is 1.96. The average molecular weight is 337 g/mol. The van der Waals surface area contributed by atoms with Crippen molar-refractivity contribution in [3.05, 3.63) is 28.3 Å². The Balaban J connectivity index is 2.48. The molecule has 2 N–H and O–H groups in total. The highest BCUT2D eigenvalue weighted by Gasteiger charge is 2.15. The molecule has 0 unspecified atom stereocenters. The van der Waals surface area contributed by atoms with Crippen LogP contribution in [-0.4, -0.2) is 0 Å². The van der Waals surface area contributed by atoms with E-state index in [1.165, 1.54) is 8.93 Å². The Labute approximate surface area is 104 Å². The summed E-state index contributed by atoms with van der Waals surface area (Å²) in [4.78, 5) is 0. The highest BCUT2D eigenvalue weighted by Crippen LogP contribution is 2.31. The molecule has 2 rings (SSSR count). The van der Waals surface area contributed by atoms with Gasteiger partial charge in [-0.1, -0.05) is 17.5 Å². The summed E-state index contributed by atoms with van der Waals surface area (Å²) in [6, 6.07) is 3.82. The van der Waals surface area contributed by atoms with Crippen LogP contribution in [0.1, 0.15) is 11.1 Å². The normalized spacial score (nSPS) is 12.7. The van der Waals surface area contributed by atoms with Crippen LogP contribution in [0.5, 0.6) is 0 Å². The smallest absolute Gasteiger partial charge is 0.0732 e. The number of anilines is 1. The van der Waals surface area contributed by atoms with Gasteiger partial charge in [0, 0.05) is 38.9 Å². The van der Waals surface area contributed by atoms with Crippen molar-refractivity contribution >= 4 is 47.4 Å². The first-order valence-electron chi connectivity index (χ1n) is 3.92. The monoisotopic (exact) mass is 336 g/mol. The fourth-order valence-electron chi connectivity index (χ4n) is 1.35. The fraction of sp³-hybridized carbons (Fsp3) is 0.111. The van der Waals surface area contributed by atoms with Gasteiger partial charge in [-0.05, 0) is 26.3 Å². The minimum Gasteiger partial charge on any atom is -0.319 e. The number of hydrazine groups is 1. The van der Waals surface area contributed by atoms with Crippen LogP contribution in [0.2, 0.25) is 5.02 Å². The fourth-order valence-corrected chi connectivity index (χ4v) is 2.05. The minimum atomic E-state index is 0.734. The molecule has 0 aromatic heterocycles. The molecule has 1 aromatic rings. The Kier molecular flexibility index (Phi) is 3.44. The lowest BCUT2D eigenvalue weighted by Gasteiger charge is -2.02. The van der Waals surface area contributed by atoms with Crippen LogP contribution in [0, 0.1) is 11.2 Å². The van der Waals surface area contributed by atoms with E-state index in [1.54, 1.807) is 0 Å². The van der Waals surface area contributed by atoms with E-state index < -0.39 is 0 Å². The van der Waals surface area contributed by atoms with Crippen molar-refractivity contribution in [3.8, 4) is 11.2 Å². The lowest BCUT2D eigenvalue weighted by molar-refractivity contribution is 0.859. The van der Waals surface area contributed by atoms with Crippen molar-refractivity contribution in [1.82, 2.24) is 5.43 Å². The Bertz CT molecular complexity index is 425. The summed E-state index contributed by atoms with van der Waals surface area (Å²) in [5.74, 6) is 3.09. The van der Waals surface area contributed by atoms with E-state index in [-0.39, 0.29) is 0 Å². The number of fused-ring (bicyclic) bond motifs is 1. The van der Waals surface area contributed by atoms with Crippen LogP contribution >= 0.6 is 41.7 Å². The van der Waals surface area contributed by atoms with Crippen molar-refractivity contribution in [3.63, 3.8) is 0 Å². The summed E-state index contributed by atoms with van der Waals surface area (Å²) in [5.41, 5.74) is 9.20. The summed E-state index contributed by atoms with van der Waals surface area (Å²) in [6.45, 7) is 0.770. The van der Waals surface area contributed by atoms with Gasteiger partial charge in [-0.2, -0.15) is 0 Å². The Morgan fingerprint density at radius 3 is 3.14 bits per heavy atom. The molecule has 0 aliphatic carbocycles. The maximum Gasteiger partial charge on any atom is 0.0732 e. The molecular formula is C9H6ClIN2S. The second-order valence-electron chi connectivity index (χ2n) is 2.73. The van der Waals surface area contributed by atoms with Crippen molar-refractivity contribution in [1.29, 1.82) is 0 Å². The Hall–Kier alpha value is -0.0900. The first-order valence-corrected chi connectivity index (χ1v) is 7.65. The quantitative estimate of drug-likeness (QED) is 0.562. The Morgan fingerprint density at radius 1 is 1.50 bits per heavy atom. The predicted octanol–water partition coefficient (Wildman–Crippen LogP) is 3.16.